The molecule has 6 heteroatoms. The molecule has 1 aliphatic carbocycles. The monoisotopic (exact) mass is 378 g/mol. The molecule has 6 nitrogen and oxygen atoms in total. The van der Waals surface area contributed by atoms with Gasteiger partial charge in [0.1, 0.15) is 0 Å². The van der Waals surface area contributed by atoms with Gasteiger partial charge in [-0.05, 0) is 62.9 Å². The van der Waals surface area contributed by atoms with Gasteiger partial charge in [-0.1, -0.05) is 26.7 Å². The number of nitrogens with one attached hydrogen (secondary N) is 3. The van der Waals surface area contributed by atoms with E-state index < -0.39 is 0 Å². The summed E-state index contributed by atoms with van der Waals surface area (Å²) in [6.07, 6.45) is 7.88. The normalized spacial score (nSPS) is 35.0. The van der Waals surface area contributed by atoms with Crippen LogP contribution in [0, 0.1) is 17.8 Å². The summed E-state index contributed by atoms with van der Waals surface area (Å²) < 4.78 is 0. The molecule has 2 heterocycles. The van der Waals surface area contributed by atoms with Crippen molar-refractivity contribution in [2.75, 3.05) is 32.7 Å². The van der Waals surface area contributed by atoms with E-state index >= 15 is 0 Å². The quantitative estimate of drug-likeness (QED) is 0.655. The van der Waals surface area contributed by atoms with E-state index in [9.17, 15) is 9.59 Å². The molecule has 0 aromatic rings. The molecule has 3 fully saturated rings. The molecule has 1 saturated carbocycles. The van der Waals surface area contributed by atoms with E-state index in [1.165, 1.54) is 12.8 Å². The van der Waals surface area contributed by atoms with Crippen LogP contribution in [0.1, 0.15) is 58.8 Å². The predicted molar refractivity (Wildman–Crippen MR) is 107 cm³/mol. The van der Waals surface area contributed by atoms with Crippen LogP contribution in [0.3, 0.4) is 0 Å². The molecule has 0 aromatic carbocycles. The summed E-state index contributed by atoms with van der Waals surface area (Å²) in [6.45, 7) is 8.63. The van der Waals surface area contributed by atoms with Gasteiger partial charge >= 0.3 is 0 Å². The highest BCUT2D eigenvalue weighted by Crippen LogP contribution is 2.29. The fourth-order valence-corrected chi connectivity index (χ4v) is 4.98. The molecule has 0 radical (unpaired) electrons. The molecule has 5 unspecified atom stereocenters. The number of likely N-dealkylation sites (tertiary alicyclic amines) is 1. The molecule has 27 heavy (non-hydrogen) atoms. The van der Waals surface area contributed by atoms with E-state index in [1.807, 2.05) is 0 Å². The summed E-state index contributed by atoms with van der Waals surface area (Å²) in [5.74, 6) is 2.02. The molecule has 5 atom stereocenters. The Hall–Kier alpha value is -1.14. The van der Waals surface area contributed by atoms with Crippen molar-refractivity contribution < 1.29 is 9.59 Å². The summed E-state index contributed by atoms with van der Waals surface area (Å²) in [6, 6.07) is 0.329. The Morgan fingerprint density at radius 2 is 1.93 bits per heavy atom. The standard InChI is InChI=1S/C21H38N4O2/c1-15-6-3-8-18(16(15)2)24-20(26)14-25-11-5-7-17(13-25)12-23-21(27)19-9-4-10-22-19/h15-19,22H,3-14H2,1-2H3,(H,23,27)(H,24,26). The highest BCUT2D eigenvalue weighted by Gasteiger charge is 2.29. The molecule has 2 saturated heterocycles. The van der Waals surface area contributed by atoms with Gasteiger partial charge < -0.3 is 16.0 Å². The molecule has 3 N–H and O–H groups in total. The fraction of sp³-hybridized carbons (Fsp3) is 0.905. The van der Waals surface area contributed by atoms with Crippen molar-refractivity contribution in [1.29, 1.82) is 0 Å². The average Bonchev–Trinajstić information content (AvgIpc) is 3.19. The van der Waals surface area contributed by atoms with Crippen LogP contribution in [0.25, 0.3) is 0 Å². The first-order valence-corrected chi connectivity index (χ1v) is 11.1. The second-order valence-electron chi connectivity index (χ2n) is 9.08. The van der Waals surface area contributed by atoms with Gasteiger partial charge in [0.05, 0.1) is 12.6 Å². The molecule has 2 amide bonds. The Morgan fingerprint density at radius 1 is 1.07 bits per heavy atom. The van der Waals surface area contributed by atoms with E-state index in [2.05, 4.69) is 34.7 Å². The summed E-state index contributed by atoms with van der Waals surface area (Å²) in [4.78, 5) is 27.0. The predicted octanol–water partition coefficient (Wildman–Crippen LogP) is 1.51. The van der Waals surface area contributed by atoms with Crippen molar-refractivity contribution >= 4 is 11.8 Å². The first-order chi connectivity index (χ1) is 13.0. The SMILES string of the molecule is CC1CCCC(NC(=O)CN2CCCC(CNC(=O)C3CCCN3)C2)C1C. The van der Waals surface area contributed by atoms with Crippen molar-refractivity contribution in [1.82, 2.24) is 20.9 Å². The average molecular weight is 379 g/mol. The molecule has 3 rings (SSSR count). The lowest BCUT2D eigenvalue weighted by atomic mass is 9.78. The third-order valence-electron chi connectivity index (χ3n) is 6.97. The smallest absolute Gasteiger partial charge is 0.237 e. The lowest BCUT2D eigenvalue weighted by Crippen LogP contribution is -2.50. The third kappa shape index (κ3) is 5.92. The van der Waals surface area contributed by atoms with E-state index in [-0.39, 0.29) is 17.9 Å². The van der Waals surface area contributed by atoms with Gasteiger partial charge in [-0.3, -0.25) is 14.5 Å². The second kappa shape index (κ2) is 9.87. The van der Waals surface area contributed by atoms with Crippen LogP contribution in [-0.4, -0.2) is 61.5 Å². The van der Waals surface area contributed by atoms with Crippen molar-refractivity contribution in [3.63, 3.8) is 0 Å². The Kier molecular flexibility index (Phi) is 7.53. The van der Waals surface area contributed by atoms with Crippen LogP contribution in [0.15, 0.2) is 0 Å². The van der Waals surface area contributed by atoms with Crippen molar-refractivity contribution in [2.45, 2.75) is 70.9 Å². The number of amides is 2. The minimum absolute atomic E-state index is 0.00431. The van der Waals surface area contributed by atoms with Crippen LogP contribution in [-0.2, 0) is 9.59 Å². The zero-order chi connectivity index (χ0) is 19.2. The maximum Gasteiger partial charge on any atom is 0.237 e. The molecular formula is C21H38N4O2. The first kappa shape index (κ1) is 20.6. The highest BCUT2D eigenvalue weighted by molar-refractivity contribution is 5.82. The van der Waals surface area contributed by atoms with Gasteiger partial charge in [-0.25, -0.2) is 0 Å². The molecule has 0 bridgehead atoms. The zero-order valence-electron chi connectivity index (χ0n) is 17.1. The molecule has 2 aliphatic heterocycles. The number of piperidine rings is 1. The summed E-state index contributed by atoms with van der Waals surface area (Å²) in [5.41, 5.74) is 0. The molecule has 0 spiro atoms. The van der Waals surface area contributed by atoms with Crippen LogP contribution in [0.2, 0.25) is 0 Å². The largest absolute Gasteiger partial charge is 0.354 e. The number of hydrogen-bond acceptors (Lipinski definition) is 4. The third-order valence-corrected chi connectivity index (χ3v) is 6.97. The van der Waals surface area contributed by atoms with E-state index in [0.717, 1.165) is 58.3 Å². The lowest BCUT2D eigenvalue weighted by Gasteiger charge is -2.36. The van der Waals surface area contributed by atoms with E-state index in [1.54, 1.807) is 0 Å². The highest BCUT2D eigenvalue weighted by atomic mass is 16.2. The molecule has 3 aliphatic rings. The summed E-state index contributed by atoms with van der Waals surface area (Å²) in [5, 5.41) is 9.65. The van der Waals surface area contributed by atoms with E-state index in [0.29, 0.717) is 30.3 Å². The topological polar surface area (TPSA) is 73.5 Å². The maximum absolute atomic E-state index is 12.5. The number of carbonyl (C=O) groups is 2. The Labute approximate surface area is 164 Å². The molecule has 154 valence electrons. The summed E-state index contributed by atoms with van der Waals surface area (Å²) >= 11 is 0. The van der Waals surface area contributed by atoms with Crippen LogP contribution in [0.4, 0.5) is 0 Å². The van der Waals surface area contributed by atoms with Crippen LogP contribution in [0.5, 0.6) is 0 Å². The van der Waals surface area contributed by atoms with Gasteiger partial charge in [0, 0.05) is 19.1 Å². The van der Waals surface area contributed by atoms with E-state index in [4.69, 9.17) is 0 Å². The first-order valence-electron chi connectivity index (χ1n) is 11.1. The minimum Gasteiger partial charge on any atom is -0.354 e. The van der Waals surface area contributed by atoms with Crippen LogP contribution >= 0.6 is 0 Å². The number of nitrogens with zero attached hydrogens (tertiary/aromatic N) is 1. The van der Waals surface area contributed by atoms with Crippen LogP contribution < -0.4 is 16.0 Å². The lowest BCUT2D eigenvalue weighted by molar-refractivity contribution is -0.125. The second-order valence-corrected chi connectivity index (χ2v) is 9.08. The zero-order valence-corrected chi connectivity index (χ0v) is 17.1. The Bertz CT molecular complexity index is 506. The Morgan fingerprint density at radius 3 is 2.70 bits per heavy atom. The fourth-order valence-electron chi connectivity index (χ4n) is 4.98. The minimum atomic E-state index is -0.00431. The van der Waals surface area contributed by atoms with Gasteiger partial charge in [-0.15, -0.1) is 0 Å². The molecule has 0 aromatic heterocycles. The van der Waals surface area contributed by atoms with Gasteiger partial charge in [0.15, 0.2) is 0 Å². The summed E-state index contributed by atoms with van der Waals surface area (Å²) in [7, 11) is 0. The van der Waals surface area contributed by atoms with Crippen molar-refractivity contribution in [2.24, 2.45) is 17.8 Å². The van der Waals surface area contributed by atoms with Gasteiger partial charge in [0.2, 0.25) is 11.8 Å². The molecular weight excluding hydrogens is 340 g/mol. The number of rotatable bonds is 6. The van der Waals surface area contributed by atoms with Gasteiger partial charge in [0.25, 0.3) is 0 Å². The number of carbonyl (C=O) groups excluding carboxylic acids is 2. The maximum atomic E-state index is 12.5. The Balaban J connectivity index is 1.38. The van der Waals surface area contributed by atoms with Crippen molar-refractivity contribution in [3.05, 3.63) is 0 Å². The van der Waals surface area contributed by atoms with Crippen molar-refractivity contribution in [3.8, 4) is 0 Å². The van der Waals surface area contributed by atoms with Gasteiger partial charge in [-0.2, -0.15) is 0 Å². The number of hydrogen-bond donors (Lipinski definition) is 3.